The Hall–Kier alpha value is -3.29. The summed E-state index contributed by atoms with van der Waals surface area (Å²) in [5, 5.41) is 3.04. The molecule has 1 aliphatic carbocycles. The van der Waals surface area contributed by atoms with E-state index in [4.69, 9.17) is 0 Å². The first-order valence-corrected chi connectivity index (χ1v) is 9.83. The van der Waals surface area contributed by atoms with E-state index in [0.29, 0.717) is 24.0 Å². The van der Waals surface area contributed by atoms with Gasteiger partial charge in [-0.2, -0.15) is 0 Å². The molecule has 1 atom stereocenters. The highest BCUT2D eigenvalue weighted by molar-refractivity contribution is 5.75. The number of aromatic nitrogens is 4. The van der Waals surface area contributed by atoms with Crippen molar-refractivity contribution in [3.05, 3.63) is 55.0 Å². The number of hydrogen-bond acceptors (Lipinski definition) is 4. The summed E-state index contributed by atoms with van der Waals surface area (Å²) in [6.07, 6.45) is 10.2. The number of rotatable bonds is 4. The zero-order valence-corrected chi connectivity index (χ0v) is 15.8. The third kappa shape index (κ3) is 3.83. The number of benzene rings is 1. The van der Waals surface area contributed by atoms with Gasteiger partial charge in [0.2, 0.25) is 0 Å². The van der Waals surface area contributed by atoms with Gasteiger partial charge in [-0.3, -0.25) is 0 Å². The molecule has 1 aromatic carbocycles. The molecule has 148 valence electrons. The molecular formula is C21H21FN6O. The van der Waals surface area contributed by atoms with Crippen LogP contribution in [0.1, 0.15) is 25.3 Å². The van der Waals surface area contributed by atoms with E-state index in [-0.39, 0.29) is 17.9 Å². The summed E-state index contributed by atoms with van der Waals surface area (Å²) in [7, 11) is 0. The summed E-state index contributed by atoms with van der Waals surface area (Å²) < 4.78 is 15.4. The molecule has 3 aromatic rings. The average Bonchev–Trinajstić information content (AvgIpc) is 3.21. The summed E-state index contributed by atoms with van der Waals surface area (Å²) in [5.74, 6) is 0.158. The van der Waals surface area contributed by atoms with Crippen LogP contribution in [-0.4, -0.2) is 49.6 Å². The molecule has 0 spiro atoms. The molecule has 0 bridgehead atoms. The van der Waals surface area contributed by atoms with Crippen molar-refractivity contribution in [1.29, 1.82) is 0 Å². The van der Waals surface area contributed by atoms with Crippen LogP contribution in [0.25, 0.3) is 22.6 Å². The Morgan fingerprint density at radius 1 is 1.10 bits per heavy atom. The van der Waals surface area contributed by atoms with Crippen LogP contribution in [0.2, 0.25) is 0 Å². The Bertz CT molecular complexity index is 1030. The van der Waals surface area contributed by atoms with Crippen molar-refractivity contribution in [2.75, 3.05) is 13.1 Å². The molecule has 3 heterocycles. The molecule has 1 saturated carbocycles. The molecule has 1 N–H and O–H groups in total. The van der Waals surface area contributed by atoms with Gasteiger partial charge in [0, 0.05) is 48.8 Å². The van der Waals surface area contributed by atoms with E-state index in [2.05, 4.69) is 24.8 Å². The van der Waals surface area contributed by atoms with E-state index in [0.717, 1.165) is 37.1 Å². The minimum atomic E-state index is -0.315. The van der Waals surface area contributed by atoms with Gasteiger partial charge in [0.25, 0.3) is 0 Å². The van der Waals surface area contributed by atoms with E-state index in [1.165, 1.54) is 12.1 Å². The predicted octanol–water partition coefficient (Wildman–Crippen LogP) is 3.27. The Morgan fingerprint density at radius 2 is 1.93 bits per heavy atom. The Kier molecular flexibility index (Phi) is 4.46. The molecule has 2 aliphatic rings. The van der Waals surface area contributed by atoms with E-state index >= 15 is 0 Å². The lowest BCUT2D eigenvalue weighted by Gasteiger charge is -2.17. The van der Waals surface area contributed by atoms with Crippen molar-refractivity contribution in [1.82, 2.24) is 29.7 Å². The molecule has 1 saturated heterocycles. The second-order valence-corrected chi connectivity index (χ2v) is 7.62. The summed E-state index contributed by atoms with van der Waals surface area (Å²) in [5.41, 5.74) is 2.21. The van der Waals surface area contributed by atoms with Crippen LogP contribution < -0.4 is 5.32 Å². The highest BCUT2D eigenvalue weighted by atomic mass is 19.1. The fourth-order valence-electron chi connectivity index (χ4n) is 3.59. The SMILES string of the molecule is O=C(NC1CC1)N1CCC(n2cnc(-c3cnc(-c4cccc(F)c4)nc3)c2)C1. The van der Waals surface area contributed by atoms with Crippen molar-refractivity contribution in [3.63, 3.8) is 0 Å². The number of amides is 2. The normalized spacial score (nSPS) is 18.8. The molecule has 8 heteroatoms. The zero-order valence-electron chi connectivity index (χ0n) is 15.8. The van der Waals surface area contributed by atoms with Gasteiger partial charge in [-0.1, -0.05) is 12.1 Å². The minimum absolute atomic E-state index is 0.0386. The van der Waals surface area contributed by atoms with Crippen LogP contribution in [-0.2, 0) is 0 Å². The first-order valence-electron chi connectivity index (χ1n) is 9.83. The van der Waals surface area contributed by atoms with Crippen molar-refractivity contribution in [2.45, 2.75) is 31.3 Å². The fraction of sp³-hybridized carbons (Fsp3) is 0.333. The number of carbonyl (C=O) groups is 1. The summed E-state index contributed by atoms with van der Waals surface area (Å²) in [6, 6.07) is 6.85. The number of halogens is 1. The van der Waals surface area contributed by atoms with Gasteiger partial charge in [0.15, 0.2) is 5.82 Å². The molecule has 0 radical (unpaired) electrons. The molecular weight excluding hydrogens is 371 g/mol. The summed E-state index contributed by atoms with van der Waals surface area (Å²) in [6.45, 7) is 1.44. The smallest absolute Gasteiger partial charge is 0.317 e. The lowest BCUT2D eigenvalue weighted by molar-refractivity contribution is 0.206. The molecule has 1 unspecified atom stereocenters. The Morgan fingerprint density at radius 3 is 2.69 bits per heavy atom. The molecule has 2 fully saturated rings. The molecule has 5 rings (SSSR count). The standard InChI is InChI=1S/C21H21FN6O/c22-16-3-1-2-14(8-16)20-23-9-15(10-24-20)19-12-28(13-25-19)18-6-7-27(11-18)21(29)26-17-4-5-17/h1-3,8-10,12-13,17-18H,4-7,11H2,(H,26,29). The minimum Gasteiger partial charge on any atom is -0.335 e. The van der Waals surface area contributed by atoms with E-state index in [1.807, 2.05) is 11.1 Å². The van der Waals surface area contributed by atoms with Gasteiger partial charge < -0.3 is 14.8 Å². The quantitative estimate of drug-likeness (QED) is 0.739. The molecule has 2 amide bonds. The van der Waals surface area contributed by atoms with E-state index < -0.39 is 0 Å². The van der Waals surface area contributed by atoms with Crippen molar-refractivity contribution in [3.8, 4) is 22.6 Å². The van der Waals surface area contributed by atoms with Gasteiger partial charge in [-0.25, -0.2) is 24.1 Å². The topological polar surface area (TPSA) is 75.9 Å². The number of urea groups is 1. The maximum Gasteiger partial charge on any atom is 0.317 e. The zero-order chi connectivity index (χ0) is 19.8. The van der Waals surface area contributed by atoms with Crippen molar-refractivity contribution >= 4 is 6.03 Å². The van der Waals surface area contributed by atoms with Gasteiger partial charge >= 0.3 is 6.03 Å². The molecule has 2 aromatic heterocycles. The number of carbonyl (C=O) groups excluding carboxylic acids is 1. The average molecular weight is 392 g/mol. The van der Waals surface area contributed by atoms with Gasteiger partial charge in [0.05, 0.1) is 18.1 Å². The van der Waals surface area contributed by atoms with E-state index in [1.54, 1.807) is 30.9 Å². The Labute approximate surface area is 167 Å². The summed E-state index contributed by atoms with van der Waals surface area (Å²) >= 11 is 0. The van der Waals surface area contributed by atoms with Crippen LogP contribution in [0.3, 0.4) is 0 Å². The molecule has 29 heavy (non-hydrogen) atoms. The van der Waals surface area contributed by atoms with Crippen LogP contribution >= 0.6 is 0 Å². The third-order valence-corrected chi connectivity index (χ3v) is 5.41. The Balaban J connectivity index is 1.27. The lowest BCUT2D eigenvalue weighted by Crippen LogP contribution is -2.39. The second kappa shape index (κ2) is 7.27. The number of nitrogens with zero attached hydrogens (tertiary/aromatic N) is 5. The van der Waals surface area contributed by atoms with Crippen molar-refractivity contribution in [2.24, 2.45) is 0 Å². The maximum absolute atomic E-state index is 13.4. The number of likely N-dealkylation sites (tertiary alicyclic amines) is 1. The third-order valence-electron chi connectivity index (χ3n) is 5.41. The van der Waals surface area contributed by atoms with Crippen LogP contribution in [0.4, 0.5) is 9.18 Å². The number of nitrogens with one attached hydrogen (secondary N) is 1. The van der Waals surface area contributed by atoms with Gasteiger partial charge in [0.1, 0.15) is 5.82 Å². The highest BCUT2D eigenvalue weighted by Crippen LogP contribution is 2.26. The fourth-order valence-corrected chi connectivity index (χ4v) is 3.59. The molecule has 1 aliphatic heterocycles. The van der Waals surface area contributed by atoms with Crippen LogP contribution in [0, 0.1) is 5.82 Å². The first-order chi connectivity index (χ1) is 14.2. The monoisotopic (exact) mass is 392 g/mol. The van der Waals surface area contributed by atoms with Crippen molar-refractivity contribution < 1.29 is 9.18 Å². The van der Waals surface area contributed by atoms with Crippen LogP contribution in [0.15, 0.2) is 49.2 Å². The van der Waals surface area contributed by atoms with E-state index in [9.17, 15) is 9.18 Å². The predicted molar refractivity (Wildman–Crippen MR) is 105 cm³/mol. The molecule has 7 nitrogen and oxygen atoms in total. The van der Waals surface area contributed by atoms with Crippen LogP contribution in [0.5, 0.6) is 0 Å². The maximum atomic E-state index is 13.4. The lowest BCUT2D eigenvalue weighted by atomic mass is 10.2. The summed E-state index contributed by atoms with van der Waals surface area (Å²) in [4.78, 5) is 27.3. The first kappa shape index (κ1) is 17.8. The largest absolute Gasteiger partial charge is 0.335 e. The highest BCUT2D eigenvalue weighted by Gasteiger charge is 2.31. The van der Waals surface area contributed by atoms with Gasteiger partial charge in [-0.15, -0.1) is 0 Å². The number of imidazole rings is 1. The number of hydrogen-bond donors (Lipinski definition) is 1. The second-order valence-electron chi connectivity index (χ2n) is 7.62. The van der Waals surface area contributed by atoms with Gasteiger partial charge in [-0.05, 0) is 31.4 Å².